The molecule has 0 aliphatic carbocycles. The van der Waals surface area contributed by atoms with Gasteiger partial charge in [-0.05, 0) is 23.8 Å². The third-order valence-corrected chi connectivity index (χ3v) is 2.69. The lowest BCUT2D eigenvalue weighted by atomic mass is 10.1. The maximum atomic E-state index is 6.02. The molecule has 0 heterocycles. The zero-order chi connectivity index (χ0) is 10.6. The van der Waals surface area contributed by atoms with Crippen molar-refractivity contribution in [2.75, 3.05) is 0 Å². The van der Waals surface area contributed by atoms with Crippen LogP contribution in [0.5, 0.6) is 0 Å². The number of rotatable bonds is 3. The van der Waals surface area contributed by atoms with Gasteiger partial charge in [-0.2, -0.15) is 0 Å². The van der Waals surface area contributed by atoms with Crippen LogP contribution < -0.4 is 11.3 Å². The molecule has 14 heavy (non-hydrogen) atoms. The van der Waals surface area contributed by atoms with Gasteiger partial charge in [-0.25, -0.2) is 0 Å². The van der Waals surface area contributed by atoms with Crippen molar-refractivity contribution < 1.29 is 0 Å². The topological polar surface area (TPSA) is 38.0 Å². The first kappa shape index (κ1) is 11.5. The van der Waals surface area contributed by atoms with Crippen LogP contribution in [0.3, 0.4) is 0 Å². The van der Waals surface area contributed by atoms with E-state index >= 15 is 0 Å². The third kappa shape index (κ3) is 2.73. The lowest BCUT2D eigenvalue weighted by Crippen LogP contribution is -2.27. The van der Waals surface area contributed by atoms with Crippen LogP contribution in [0.1, 0.15) is 18.0 Å². The van der Waals surface area contributed by atoms with Gasteiger partial charge < -0.3 is 0 Å². The van der Waals surface area contributed by atoms with Crippen molar-refractivity contribution in [3.63, 3.8) is 0 Å². The lowest BCUT2D eigenvalue weighted by Gasteiger charge is -2.15. The molecular formula is C10H10BrClN2. The van der Waals surface area contributed by atoms with Crippen molar-refractivity contribution in [2.24, 2.45) is 5.84 Å². The summed E-state index contributed by atoms with van der Waals surface area (Å²) in [5.41, 5.74) is 3.54. The molecule has 0 aliphatic heterocycles. The fourth-order valence-electron chi connectivity index (χ4n) is 1.16. The van der Waals surface area contributed by atoms with Crippen LogP contribution in [0.15, 0.2) is 22.7 Å². The molecule has 2 nitrogen and oxygen atoms in total. The van der Waals surface area contributed by atoms with Gasteiger partial charge in [0.2, 0.25) is 0 Å². The summed E-state index contributed by atoms with van der Waals surface area (Å²) >= 11 is 9.39. The van der Waals surface area contributed by atoms with Crippen molar-refractivity contribution in [3.8, 4) is 12.3 Å². The first-order chi connectivity index (χ1) is 6.69. The van der Waals surface area contributed by atoms with Gasteiger partial charge >= 0.3 is 0 Å². The van der Waals surface area contributed by atoms with E-state index in [0.717, 1.165) is 10.0 Å². The van der Waals surface area contributed by atoms with Gasteiger partial charge in [0.05, 0.1) is 6.04 Å². The summed E-state index contributed by atoms with van der Waals surface area (Å²) in [7, 11) is 0. The van der Waals surface area contributed by atoms with Gasteiger partial charge in [0.15, 0.2) is 0 Å². The van der Waals surface area contributed by atoms with Crippen molar-refractivity contribution in [1.82, 2.24) is 5.43 Å². The Hall–Kier alpha value is -0.530. The molecule has 0 spiro atoms. The highest BCUT2D eigenvalue weighted by Crippen LogP contribution is 2.27. The van der Waals surface area contributed by atoms with Crippen molar-refractivity contribution in [1.29, 1.82) is 0 Å². The van der Waals surface area contributed by atoms with E-state index in [1.807, 2.05) is 18.2 Å². The maximum absolute atomic E-state index is 6.02. The number of hydrogen-bond acceptors (Lipinski definition) is 2. The van der Waals surface area contributed by atoms with E-state index < -0.39 is 0 Å². The Morgan fingerprint density at radius 3 is 2.93 bits per heavy atom. The summed E-state index contributed by atoms with van der Waals surface area (Å²) in [6.45, 7) is 0. The Bertz CT molecular complexity index is 360. The lowest BCUT2D eigenvalue weighted by molar-refractivity contribution is 0.568. The normalized spacial score (nSPS) is 12.1. The Kier molecular flexibility index (Phi) is 4.43. The first-order valence-electron chi connectivity index (χ1n) is 4.03. The minimum atomic E-state index is -0.106. The number of nitrogens with one attached hydrogen (secondary N) is 1. The second-order valence-corrected chi connectivity index (χ2v) is 4.12. The molecule has 0 amide bonds. The number of halogens is 2. The van der Waals surface area contributed by atoms with Crippen LogP contribution in [0.4, 0.5) is 0 Å². The summed E-state index contributed by atoms with van der Waals surface area (Å²) in [5.74, 6) is 7.94. The van der Waals surface area contributed by atoms with E-state index in [4.69, 9.17) is 23.9 Å². The fourth-order valence-corrected chi connectivity index (χ4v) is 1.79. The van der Waals surface area contributed by atoms with Crippen LogP contribution in [0, 0.1) is 12.3 Å². The molecule has 3 N–H and O–H groups in total. The summed E-state index contributed by atoms with van der Waals surface area (Å²) in [6, 6.07) is 5.48. The van der Waals surface area contributed by atoms with Gasteiger partial charge in [0.1, 0.15) is 0 Å². The van der Waals surface area contributed by atoms with E-state index in [2.05, 4.69) is 27.3 Å². The Balaban J connectivity index is 3.03. The average Bonchev–Trinajstić information content (AvgIpc) is 2.18. The second kappa shape index (κ2) is 5.38. The van der Waals surface area contributed by atoms with Crippen molar-refractivity contribution in [2.45, 2.75) is 12.5 Å². The van der Waals surface area contributed by atoms with Gasteiger partial charge in [-0.1, -0.05) is 27.5 Å². The summed E-state index contributed by atoms with van der Waals surface area (Å²) < 4.78 is 0.953. The van der Waals surface area contributed by atoms with Crippen molar-refractivity contribution in [3.05, 3.63) is 33.3 Å². The monoisotopic (exact) mass is 272 g/mol. The van der Waals surface area contributed by atoms with E-state index in [-0.39, 0.29) is 6.04 Å². The molecule has 0 saturated heterocycles. The SMILES string of the molecule is C#CCC(NN)c1cc(Br)ccc1Cl. The maximum Gasteiger partial charge on any atom is 0.0584 e. The minimum absolute atomic E-state index is 0.106. The molecule has 0 radical (unpaired) electrons. The molecule has 1 rings (SSSR count). The first-order valence-corrected chi connectivity index (χ1v) is 5.20. The van der Waals surface area contributed by atoms with Gasteiger partial charge in [-0.3, -0.25) is 11.3 Å². The molecular weight excluding hydrogens is 263 g/mol. The number of hydrogen-bond donors (Lipinski definition) is 2. The van der Waals surface area contributed by atoms with Gasteiger partial charge in [0, 0.05) is 15.9 Å². The Morgan fingerprint density at radius 1 is 1.64 bits per heavy atom. The largest absolute Gasteiger partial charge is 0.271 e. The molecule has 0 aromatic heterocycles. The average molecular weight is 274 g/mol. The molecule has 1 aromatic carbocycles. The molecule has 0 saturated carbocycles. The van der Waals surface area contributed by atoms with Crippen molar-refractivity contribution >= 4 is 27.5 Å². The fraction of sp³-hybridized carbons (Fsp3) is 0.200. The highest BCUT2D eigenvalue weighted by molar-refractivity contribution is 9.10. The molecule has 1 atom stereocenters. The molecule has 4 heteroatoms. The third-order valence-electron chi connectivity index (χ3n) is 1.86. The summed E-state index contributed by atoms with van der Waals surface area (Å²) in [4.78, 5) is 0. The minimum Gasteiger partial charge on any atom is -0.271 e. The van der Waals surface area contributed by atoms with E-state index in [1.54, 1.807) is 0 Å². The summed E-state index contributed by atoms with van der Waals surface area (Å²) in [5, 5.41) is 0.659. The molecule has 1 unspecified atom stereocenters. The number of benzene rings is 1. The quantitative estimate of drug-likeness (QED) is 0.505. The molecule has 0 aliphatic rings. The standard InChI is InChI=1S/C10H10BrClN2/c1-2-3-10(14-13)8-6-7(11)4-5-9(8)12/h1,4-6,10,14H,3,13H2. The Morgan fingerprint density at radius 2 is 2.36 bits per heavy atom. The predicted molar refractivity (Wildman–Crippen MR) is 62.7 cm³/mol. The number of terminal acetylenes is 1. The predicted octanol–water partition coefficient (Wildman–Crippen LogP) is 2.63. The Labute approximate surface area is 96.9 Å². The molecule has 0 bridgehead atoms. The van der Waals surface area contributed by atoms with E-state index in [9.17, 15) is 0 Å². The van der Waals surface area contributed by atoms with Crippen LogP contribution in [0.2, 0.25) is 5.02 Å². The van der Waals surface area contributed by atoms with Crippen LogP contribution in [-0.2, 0) is 0 Å². The van der Waals surface area contributed by atoms with Crippen LogP contribution in [0.25, 0.3) is 0 Å². The zero-order valence-corrected chi connectivity index (χ0v) is 9.77. The number of nitrogens with two attached hydrogens (primary N) is 1. The van der Waals surface area contributed by atoms with Gasteiger partial charge in [-0.15, -0.1) is 12.3 Å². The van der Waals surface area contributed by atoms with Gasteiger partial charge in [0.25, 0.3) is 0 Å². The van der Waals surface area contributed by atoms with Crippen LogP contribution >= 0.6 is 27.5 Å². The molecule has 0 fully saturated rings. The highest BCUT2D eigenvalue weighted by Gasteiger charge is 2.12. The van der Waals surface area contributed by atoms with Crippen LogP contribution in [-0.4, -0.2) is 0 Å². The highest BCUT2D eigenvalue weighted by atomic mass is 79.9. The summed E-state index contributed by atoms with van der Waals surface area (Å²) in [6.07, 6.45) is 5.74. The molecule has 1 aromatic rings. The molecule has 74 valence electrons. The van der Waals surface area contributed by atoms with E-state index in [0.29, 0.717) is 11.4 Å². The zero-order valence-electron chi connectivity index (χ0n) is 7.43. The smallest absolute Gasteiger partial charge is 0.0584 e. The van der Waals surface area contributed by atoms with E-state index in [1.165, 1.54) is 0 Å². The number of hydrazine groups is 1. The second-order valence-electron chi connectivity index (χ2n) is 2.79.